The van der Waals surface area contributed by atoms with Crippen molar-refractivity contribution >= 4 is 27.3 Å². The summed E-state index contributed by atoms with van der Waals surface area (Å²) in [6, 6.07) is 6.18. The maximum absolute atomic E-state index is 13.0. The van der Waals surface area contributed by atoms with Crippen LogP contribution in [0.25, 0.3) is 16.2 Å². The van der Waals surface area contributed by atoms with Crippen molar-refractivity contribution in [3.8, 4) is 11.3 Å². The monoisotopic (exact) mass is 333 g/mol. The van der Waals surface area contributed by atoms with Crippen LogP contribution >= 0.6 is 11.3 Å². The molecular formula is C15H16FN5OS. The lowest BCUT2D eigenvalue weighted by Crippen LogP contribution is -2.34. The molecule has 0 saturated heterocycles. The molecule has 0 aliphatic heterocycles. The Bertz CT molecular complexity index is 808. The highest BCUT2D eigenvalue weighted by Gasteiger charge is 2.15. The number of likely N-dealkylation sites (N-methyl/N-ethyl adjacent to an activating group) is 2. The van der Waals surface area contributed by atoms with Crippen molar-refractivity contribution in [3.05, 3.63) is 36.3 Å². The van der Waals surface area contributed by atoms with Gasteiger partial charge in [0, 0.05) is 26.7 Å². The van der Waals surface area contributed by atoms with E-state index in [1.54, 1.807) is 46.7 Å². The molecule has 0 atom stereocenters. The van der Waals surface area contributed by atoms with E-state index in [0.29, 0.717) is 5.13 Å². The number of carbonyl (C=O) groups is 1. The molecule has 1 aromatic carbocycles. The Balaban J connectivity index is 1.83. The summed E-state index contributed by atoms with van der Waals surface area (Å²) in [6.45, 7) is 0.258. The lowest BCUT2D eigenvalue weighted by molar-refractivity contribution is -0.127. The molecule has 6 nitrogen and oxygen atoms in total. The third-order valence-electron chi connectivity index (χ3n) is 3.37. The molecule has 0 unspecified atom stereocenters. The quantitative estimate of drug-likeness (QED) is 0.734. The standard InChI is InChI=1S/C15H16FN5OS/c1-19(2)13(22)9-20(3)15-18-21-8-12(17-14(21)23-15)10-4-6-11(16)7-5-10/h4-8H,9H2,1-3H3. The number of rotatable bonds is 4. The number of anilines is 1. The van der Waals surface area contributed by atoms with E-state index in [-0.39, 0.29) is 18.3 Å². The maximum Gasteiger partial charge on any atom is 0.241 e. The SMILES string of the molecule is CN(C)C(=O)CN(C)c1nn2cc(-c3ccc(F)cc3)nc2s1. The molecule has 0 aliphatic rings. The Morgan fingerprint density at radius 3 is 2.57 bits per heavy atom. The number of imidazole rings is 1. The summed E-state index contributed by atoms with van der Waals surface area (Å²) in [4.78, 5) is 20.3. The minimum atomic E-state index is -0.276. The van der Waals surface area contributed by atoms with Gasteiger partial charge in [-0.25, -0.2) is 13.9 Å². The molecule has 1 amide bonds. The molecule has 0 spiro atoms. The van der Waals surface area contributed by atoms with Gasteiger partial charge in [0.05, 0.1) is 18.4 Å². The Morgan fingerprint density at radius 2 is 1.96 bits per heavy atom. The van der Waals surface area contributed by atoms with E-state index in [4.69, 9.17) is 0 Å². The summed E-state index contributed by atoms with van der Waals surface area (Å²) in [5, 5.41) is 5.16. The molecule has 8 heteroatoms. The van der Waals surface area contributed by atoms with E-state index in [9.17, 15) is 9.18 Å². The van der Waals surface area contributed by atoms with Crippen LogP contribution in [0.4, 0.5) is 9.52 Å². The average molecular weight is 333 g/mol. The fourth-order valence-corrected chi connectivity index (χ4v) is 2.86. The first kappa shape index (κ1) is 15.4. The van der Waals surface area contributed by atoms with Gasteiger partial charge in [-0.2, -0.15) is 0 Å². The van der Waals surface area contributed by atoms with Crippen LogP contribution in [0.3, 0.4) is 0 Å². The van der Waals surface area contributed by atoms with Crippen LogP contribution in [-0.4, -0.2) is 53.1 Å². The van der Waals surface area contributed by atoms with Crippen LogP contribution in [0, 0.1) is 5.82 Å². The van der Waals surface area contributed by atoms with E-state index < -0.39 is 0 Å². The first-order valence-electron chi connectivity index (χ1n) is 6.97. The number of fused-ring (bicyclic) bond motifs is 1. The lowest BCUT2D eigenvalue weighted by atomic mass is 10.2. The molecule has 0 radical (unpaired) electrons. The summed E-state index contributed by atoms with van der Waals surface area (Å²) in [6.07, 6.45) is 1.80. The van der Waals surface area contributed by atoms with Gasteiger partial charge in [0.15, 0.2) is 0 Å². The zero-order valence-electron chi connectivity index (χ0n) is 13.0. The van der Waals surface area contributed by atoms with Crippen LogP contribution in [0.1, 0.15) is 0 Å². The van der Waals surface area contributed by atoms with E-state index in [1.165, 1.54) is 23.5 Å². The predicted octanol–water partition coefficient (Wildman–Crippen LogP) is 2.12. The summed E-state index contributed by atoms with van der Waals surface area (Å²) in [5.74, 6) is -0.269. The normalized spacial score (nSPS) is 11.0. The Morgan fingerprint density at radius 1 is 1.26 bits per heavy atom. The number of hydrogen-bond acceptors (Lipinski definition) is 5. The number of aromatic nitrogens is 3. The first-order valence-corrected chi connectivity index (χ1v) is 7.79. The van der Waals surface area contributed by atoms with E-state index >= 15 is 0 Å². The zero-order valence-corrected chi connectivity index (χ0v) is 13.8. The summed E-state index contributed by atoms with van der Waals surface area (Å²) in [7, 11) is 5.26. The van der Waals surface area contributed by atoms with Crippen molar-refractivity contribution in [2.75, 3.05) is 32.6 Å². The summed E-state index contributed by atoms with van der Waals surface area (Å²) >= 11 is 1.40. The number of halogens is 1. The van der Waals surface area contributed by atoms with E-state index in [2.05, 4.69) is 10.1 Å². The number of carbonyl (C=O) groups excluding carboxylic acids is 1. The highest BCUT2D eigenvalue weighted by Crippen LogP contribution is 2.26. The van der Waals surface area contributed by atoms with Gasteiger partial charge in [-0.05, 0) is 24.3 Å². The van der Waals surface area contributed by atoms with Crippen LogP contribution < -0.4 is 4.90 Å². The minimum absolute atomic E-state index is 0.00680. The molecule has 0 fully saturated rings. The van der Waals surface area contributed by atoms with Gasteiger partial charge in [-0.3, -0.25) is 4.79 Å². The van der Waals surface area contributed by atoms with Gasteiger partial charge in [0.2, 0.25) is 16.0 Å². The highest BCUT2D eigenvalue weighted by molar-refractivity contribution is 7.20. The third-order valence-corrected chi connectivity index (χ3v) is 4.41. The Hall–Kier alpha value is -2.48. The maximum atomic E-state index is 13.0. The highest BCUT2D eigenvalue weighted by atomic mass is 32.1. The molecule has 0 bridgehead atoms. The molecular weight excluding hydrogens is 317 g/mol. The summed E-state index contributed by atoms with van der Waals surface area (Å²) in [5.41, 5.74) is 1.57. The van der Waals surface area contributed by atoms with Crippen molar-refractivity contribution in [3.63, 3.8) is 0 Å². The van der Waals surface area contributed by atoms with Crippen LogP contribution in [0.2, 0.25) is 0 Å². The smallest absolute Gasteiger partial charge is 0.241 e. The van der Waals surface area contributed by atoms with Gasteiger partial charge in [-0.1, -0.05) is 11.3 Å². The molecule has 2 aromatic heterocycles. The predicted molar refractivity (Wildman–Crippen MR) is 88.2 cm³/mol. The largest absolute Gasteiger partial charge is 0.347 e. The number of amides is 1. The molecule has 0 N–H and O–H groups in total. The second-order valence-corrected chi connectivity index (χ2v) is 6.32. The van der Waals surface area contributed by atoms with Gasteiger partial charge < -0.3 is 9.80 Å². The molecule has 2 heterocycles. The van der Waals surface area contributed by atoms with Crippen molar-refractivity contribution in [2.24, 2.45) is 0 Å². The van der Waals surface area contributed by atoms with Gasteiger partial charge in [-0.15, -0.1) is 5.10 Å². The number of benzene rings is 1. The Kier molecular flexibility index (Phi) is 3.99. The van der Waals surface area contributed by atoms with Crippen LogP contribution in [0.5, 0.6) is 0 Å². The fraction of sp³-hybridized carbons (Fsp3) is 0.267. The molecule has 23 heavy (non-hydrogen) atoms. The topological polar surface area (TPSA) is 53.7 Å². The van der Waals surface area contributed by atoms with E-state index in [1.807, 2.05) is 7.05 Å². The lowest BCUT2D eigenvalue weighted by Gasteiger charge is -2.17. The molecule has 3 aromatic rings. The second kappa shape index (κ2) is 5.96. The first-order chi connectivity index (χ1) is 10.9. The van der Waals surface area contributed by atoms with Crippen LogP contribution in [-0.2, 0) is 4.79 Å². The molecule has 3 rings (SSSR count). The van der Waals surface area contributed by atoms with Crippen molar-refractivity contribution in [1.82, 2.24) is 19.5 Å². The summed E-state index contributed by atoms with van der Waals surface area (Å²) < 4.78 is 14.7. The minimum Gasteiger partial charge on any atom is -0.347 e. The molecule has 0 saturated carbocycles. The second-order valence-electron chi connectivity index (χ2n) is 5.39. The molecule has 120 valence electrons. The number of nitrogens with zero attached hydrogens (tertiary/aromatic N) is 5. The molecule has 0 aliphatic carbocycles. The Labute approximate surface area is 136 Å². The number of hydrogen-bond donors (Lipinski definition) is 0. The van der Waals surface area contributed by atoms with Crippen molar-refractivity contribution in [1.29, 1.82) is 0 Å². The van der Waals surface area contributed by atoms with Crippen molar-refractivity contribution < 1.29 is 9.18 Å². The van der Waals surface area contributed by atoms with Gasteiger partial charge in [0.25, 0.3) is 0 Å². The van der Waals surface area contributed by atoms with Gasteiger partial charge >= 0.3 is 0 Å². The zero-order chi connectivity index (χ0) is 16.6. The van der Waals surface area contributed by atoms with Crippen molar-refractivity contribution in [2.45, 2.75) is 0 Å². The van der Waals surface area contributed by atoms with E-state index in [0.717, 1.165) is 16.2 Å². The van der Waals surface area contributed by atoms with Crippen LogP contribution in [0.15, 0.2) is 30.5 Å². The average Bonchev–Trinajstić information content (AvgIpc) is 3.06. The third kappa shape index (κ3) is 3.16. The van der Waals surface area contributed by atoms with Gasteiger partial charge in [0.1, 0.15) is 5.82 Å². The fourth-order valence-electron chi connectivity index (χ4n) is 2.02.